The molecule has 0 fully saturated rings. The molecule has 0 saturated carbocycles. The zero-order chi connectivity index (χ0) is 33.4. The molecule has 3 aromatic carbocycles. The Labute approximate surface area is 289 Å². The second-order valence-electron chi connectivity index (χ2n) is 13.3. The molecule has 47 heavy (non-hydrogen) atoms. The summed E-state index contributed by atoms with van der Waals surface area (Å²) in [6.45, 7) is 11.4. The third-order valence-corrected chi connectivity index (χ3v) is 10.5. The van der Waals surface area contributed by atoms with Crippen LogP contribution in [0.2, 0.25) is 0 Å². The molecule has 0 aliphatic carbocycles. The minimum Gasteiger partial charge on any atom is -0.462 e. The van der Waals surface area contributed by atoms with E-state index in [1.807, 2.05) is 36.5 Å². The zero-order valence-electron chi connectivity index (χ0n) is 29.9. The Balaban J connectivity index is 1.62. The van der Waals surface area contributed by atoms with Crippen molar-refractivity contribution in [2.75, 3.05) is 6.61 Å². The largest absolute Gasteiger partial charge is 0.462 e. The van der Waals surface area contributed by atoms with Gasteiger partial charge >= 0.3 is 5.97 Å². The van der Waals surface area contributed by atoms with E-state index < -0.39 is 0 Å². The molecule has 3 heteroatoms. The van der Waals surface area contributed by atoms with Gasteiger partial charge in [0, 0.05) is 9.58 Å². The lowest BCUT2D eigenvalue weighted by Crippen LogP contribution is -2.06. The number of aryl methyl sites for hydroxylation is 4. The Hall–Kier alpha value is -3.17. The van der Waals surface area contributed by atoms with Gasteiger partial charge in [-0.15, -0.1) is 11.3 Å². The molecule has 0 aliphatic heterocycles. The summed E-state index contributed by atoms with van der Waals surface area (Å²) in [7, 11) is 0. The van der Waals surface area contributed by atoms with Gasteiger partial charge in [0.2, 0.25) is 0 Å². The molecule has 4 rings (SSSR count). The summed E-state index contributed by atoms with van der Waals surface area (Å²) in [5.74, 6) is -0.243. The van der Waals surface area contributed by atoms with Gasteiger partial charge in [-0.1, -0.05) is 122 Å². The van der Waals surface area contributed by atoms with Crippen molar-refractivity contribution in [3.63, 3.8) is 0 Å². The number of benzene rings is 3. The van der Waals surface area contributed by atoms with Crippen LogP contribution in [0.15, 0.2) is 54.6 Å². The summed E-state index contributed by atoms with van der Waals surface area (Å²) < 4.78 is 6.83. The molecule has 1 heterocycles. The van der Waals surface area contributed by atoms with E-state index in [0.29, 0.717) is 12.2 Å². The van der Waals surface area contributed by atoms with E-state index in [-0.39, 0.29) is 5.97 Å². The predicted octanol–water partition coefficient (Wildman–Crippen LogP) is 13.6. The van der Waals surface area contributed by atoms with E-state index in [2.05, 4.69) is 76.2 Å². The zero-order valence-corrected chi connectivity index (χ0v) is 30.7. The first-order valence-corrected chi connectivity index (χ1v) is 19.4. The van der Waals surface area contributed by atoms with E-state index in [9.17, 15) is 4.79 Å². The summed E-state index contributed by atoms with van der Waals surface area (Å²) in [5.41, 5.74) is 9.94. The SMILES string of the molecule is CCCCCCc1cc(CCCCCC)c2sc(-c3ccc(C=Cc4ccc(C(=O)OCCC)cc4C)c(CCCCC)c3)cc2c1. The van der Waals surface area contributed by atoms with Gasteiger partial charge in [-0.3, -0.25) is 0 Å². The van der Waals surface area contributed by atoms with Crippen molar-refractivity contribution < 1.29 is 9.53 Å². The number of unbranched alkanes of at least 4 members (excludes halogenated alkanes) is 8. The first-order chi connectivity index (χ1) is 23.0. The fourth-order valence-electron chi connectivity index (χ4n) is 6.42. The summed E-state index contributed by atoms with van der Waals surface area (Å²) in [4.78, 5) is 13.7. The third kappa shape index (κ3) is 10.9. The minimum atomic E-state index is -0.243. The predicted molar refractivity (Wildman–Crippen MR) is 207 cm³/mol. The van der Waals surface area contributed by atoms with Crippen LogP contribution in [0.3, 0.4) is 0 Å². The van der Waals surface area contributed by atoms with Crippen molar-refractivity contribution >= 4 is 39.5 Å². The van der Waals surface area contributed by atoms with Gasteiger partial charge in [0.25, 0.3) is 0 Å². The van der Waals surface area contributed by atoms with Crippen molar-refractivity contribution in [2.24, 2.45) is 0 Å². The number of carbonyl (C=O) groups is 1. The van der Waals surface area contributed by atoms with Crippen LogP contribution in [0.4, 0.5) is 0 Å². The Bertz CT molecular complexity index is 1590. The van der Waals surface area contributed by atoms with Crippen molar-refractivity contribution in [3.05, 3.63) is 93.5 Å². The Morgan fingerprint density at radius 1 is 0.660 bits per heavy atom. The maximum Gasteiger partial charge on any atom is 0.338 e. The standard InChI is InChI=1S/C44H58O2S/c1-6-10-13-16-18-34-29-39(20-17-14-11-7-2)43-41(30-34)32-42(47-43)38-25-24-36(37(31-38)19-15-12-8-3)23-21-35-22-26-40(28-33(35)5)44(45)46-27-9-4/h21-26,28-32H,6-20,27H2,1-5H3. The Kier molecular flexibility index (Phi) is 15.3. The smallest absolute Gasteiger partial charge is 0.338 e. The van der Waals surface area contributed by atoms with Crippen molar-refractivity contribution in [2.45, 2.75) is 131 Å². The number of hydrogen-bond donors (Lipinski definition) is 0. The van der Waals surface area contributed by atoms with E-state index in [1.165, 1.54) is 121 Å². The number of ether oxygens (including phenoxy) is 1. The highest BCUT2D eigenvalue weighted by Crippen LogP contribution is 2.38. The fourth-order valence-corrected chi connectivity index (χ4v) is 7.59. The van der Waals surface area contributed by atoms with Crippen molar-refractivity contribution in [3.8, 4) is 10.4 Å². The number of carbonyl (C=O) groups excluding carboxylic acids is 1. The van der Waals surface area contributed by atoms with Crippen LogP contribution < -0.4 is 0 Å². The summed E-state index contributed by atoms with van der Waals surface area (Å²) >= 11 is 1.99. The van der Waals surface area contributed by atoms with Gasteiger partial charge in [-0.05, 0) is 120 Å². The summed E-state index contributed by atoms with van der Waals surface area (Å²) in [5, 5.41) is 1.43. The van der Waals surface area contributed by atoms with Crippen molar-refractivity contribution in [1.29, 1.82) is 0 Å². The number of esters is 1. The van der Waals surface area contributed by atoms with Crippen LogP contribution in [0, 0.1) is 6.92 Å². The average molecular weight is 651 g/mol. The van der Waals surface area contributed by atoms with Gasteiger partial charge < -0.3 is 4.74 Å². The van der Waals surface area contributed by atoms with Gasteiger partial charge in [0.15, 0.2) is 0 Å². The second-order valence-corrected chi connectivity index (χ2v) is 14.4. The van der Waals surface area contributed by atoms with Gasteiger partial charge in [-0.25, -0.2) is 4.79 Å². The monoisotopic (exact) mass is 650 g/mol. The molecule has 0 radical (unpaired) electrons. The van der Waals surface area contributed by atoms with Crippen LogP contribution >= 0.6 is 11.3 Å². The van der Waals surface area contributed by atoms with Crippen LogP contribution in [-0.2, 0) is 24.0 Å². The highest BCUT2D eigenvalue weighted by Gasteiger charge is 2.13. The molecule has 0 amide bonds. The molecule has 1 aromatic heterocycles. The quantitative estimate of drug-likeness (QED) is 0.0540. The summed E-state index contributed by atoms with van der Waals surface area (Å²) in [6.07, 6.45) is 22.8. The second kappa shape index (κ2) is 19.6. The lowest BCUT2D eigenvalue weighted by atomic mass is 9.96. The normalized spacial score (nSPS) is 11.6. The lowest BCUT2D eigenvalue weighted by molar-refractivity contribution is 0.0505. The van der Waals surface area contributed by atoms with Crippen LogP contribution in [-0.4, -0.2) is 12.6 Å². The number of hydrogen-bond acceptors (Lipinski definition) is 3. The fraction of sp³-hybridized carbons (Fsp3) is 0.477. The molecule has 252 valence electrons. The van der Waals surface area contributed by atoms with E-state index >= 15 is 0 Å². The van der Waals surface area contributed by atoms with Crippen molar-refractivity contribution in [1.82, 2.24) is 0 Å². The molecule has 0 aliphatic rings. The molecular formula is C44H58O2S. The molecule has 0 unspecified atom stereocenters. The minimum absolute atomic E-state index is 0.243. The van der Waals surface area contributed by atoms with Crippen LogP contribution in [0.5, 0.6) is 0 Å². The molecular weight excluding hydrogens is 593 g/mol. The third-order valence-electron chi connectivity index (χ3n) is 9.23. The molecule has 4 aromatic rings. The van der Waals surface area contributed by atoms with Crippen LogP contribution in [0.25, 0.3) is 32.7 Å². The Morgan fingerprint density at radius 3 is 2.04 bits per heavy atom. The summed E-state index contributed by atoms with van der Waals surface area (Å²) in [6, 6.07) is 20.4. The van der Waals surface area contributed by atoms with E-state index in [0.717, 1.165) is 24.0 Å². The van der Waals surface area contributed by atoms with Gasteiger partial charge in [0.05, 0.1) is 12.2 Å². The molecule has 0 atom stereocenters. The van der Waals surface area contributed by atoms with Gasteiger partial charge in [-0.2, -0.15) is 0 Å². The highest BCUT2D eigenvalue weighted by molar-refractivity contribution is 7.22. The average Bonchev–Trinajstić information content (AvgIpc) is 3.52. The van der Waals surface area contributed by atoms with E-state index in [1.54, 1.807) is 5.56 Å². The molecule has 0 spiro atoms. The number of fused-ring (bicyclic) bond motifs is 1. The molecule has 2 nitrogen and oxygen atoms in total. The first-order valence-electron chi connectivity index (χ1n) is 18.6. The maximum absolute atomic E-state index is 12.4. The molecule has 0 saturated heterocycles. The van der Waals surface area contributed by atoms with Gasteiger partial charge in [0.1, 0.15) is 0 Å². The van der Waals surface area contributed by atoms with Crippen LogP contribution in [0.1, 0.15) is 148 Å². The molecule has 0 N–H and O–H groups in total. The molecule has 0 bridgehead atoms. The first kappa shape index (κ1) is 36.7. The lowest BCUT2D eigenvalue weighted by Gasteiger charge is -2.10. The topological polar surface area (TPSA) is 26.3 Å². The highest BCUT2D eigenvalue weighted by atomic mass is 32.1. The van der Waals surface area contributed by atoms with E-state index in [4.69, 9.17) is 4.74 Å². The number of thiophene rings is 1. The maximum atomic E-state index is 12.4. The number of rotatable bonds is 20. The Morgan fingerprint density at radius 2 is 1.32 bits per heavy atom.